The van der Waals surface area contributed by atoms with E-state index in [1.54, 1.807) is 0 Å². The fourth-order valence-corrected chi connectivity index (χ4v) is 10.7. The van der Waals surface area contributed by atoms with Gasteiger partial charge in [0.05, 0.1) is 25.8 Å². The Labute approximate surface area is 322 Å². The van der Waals surface area contributed by atoms with E-state index in [1.807, 2.05) is 4.98 Å². The number of phosphoric acid groups is 4. The number of nitrogen functional groups attached to an aromatic ring is 1. The lowest BCUT2D eigenvalue weighted by molar-refractivity contribution is -0.745. The summed E-state index contributed by atoms with van der Waals surface area (Å²) >= 11 is 0. The summed E-state index contributed by atoms with van der Waals surface area (Å²) in [4.78, 5) is 85.1. The Bertz CT molecular complexity index is 2420. The zero-order valence-corrected chi connectivity index (χ0v) is 33.1. The number of anilines is 1. The molecule has 5 rings (SSSR count). The number of aliphatic hydroxyl groups excluding tert-OH is 3. The van der Waals surface area contributed by atoms with Crippen molar-refractivity contribution in [2.24, 2.45) is 12.8 Å². The van der Waals surface area contributed by atoms with Gasteiger partial charge >= 0.3 is 42.6 Å². The molecule has 34 heteroatoms. The number of rotatable bonds is 17. The highest BCUT2D eigenvalue weighted by Crippen LogP contribution is 2.71. The standard InChI is InChI=1S/C24H36N8O22P4/c1-30-9-32(18-13(30)20(37)28-23(26)27-18)22-16(35)17(47-2)12(51-22)8-49-56(41,42)53-58(45,46)54-57(43,44)52-55(39,40)48-7-11-14(33)15(34)21(50-11)31-6-10(4-3-5-25)19(36)29-24(31)38/h3-4,6,9,11-12,14-17,21-22,33-35H,5,7-8,25H2,1-2H3,(H7-,26,27,28,29,36,37,38,39,40,41,42,43,44,45,46)/p+1/b4-3+/t11-,12-,14+,15?,16?,17?,21-,22-/m1/s1. The van der Waals surface area contributed by atoms with Gasteiger partial charge in [-0.05, 0) is 0 Å². The highest BCUT2D eigenvalue weighted by atomic mass is 31.3. The second-order valence-corrected chi connectivity index (χ2v) is 18.4. The van der Waals surface area contributed by atoms with Gasteiger partial charge in [0.1, 0.15) is 36.6 Å². The van der Waals surface area contributed by atoms with Crippen LogP contribution >= 0.6 is 31.3 Å². The number of H-pyrrole nitrogens is 2. The molecule has 30 nitrogen and oxygen atoms in total. The summed E-state index contributed by atoms with van der Waals surface area (Å²) in [5, 5.41) is 31.8. The number of methoxy groups -OCH3 is 1. The number of nitrogens with one attached hydrogen (secondary N) is 2. The minimum atomic E-state index is -6.26. The van der Waals surface area contributed by atoms with Crippen LogP contribution in [-0.4, -0.2) is 122 Å². The molecule has 0 amide bonds. The zero-order chi connectivity index (χ0) is 43.1. The van der Waals surface area contributed by atoms with Gasteiger partial charge in [0.2, 0.25) is 11.7 Å². The molecule has 2 aliphatic heterocycles. The van der Waals surface area contributed by atoms with Crippen molar-refractivity contribution in [2.75, 3.05) is 32.6 Å². The Kier molecular flexibility index (Phi) is 13.8. The molecule has 3 aromatic rings. The van der Waals surface area contributed by atoms with Gasteiger partial charge in [-0.2, -0.15) is 12.9 Å². The van der Waals surface area contributed by atoms with Crippen molar-refractivity contribution in [3.63, 3.8) is 0 Å². The van der Waals surface area contributed by atoms with Gasteiger partial charge in [-0.25, -0.2) is 27.6 Å². The van der Waals surface area contributed by atoms with Gasteiger partial charge < -0.3 is 60.6 Å². The van der Waals surface area contributed by atoms with Gasteiger partial charge in [0.25, 0.3) is 17.1 Å². The Morgan fingerprint density at radius 3 is 2.05 bits per heavy atom. The molecule has 2 fully saturated rings. The van der Waals surface area contributed by atoms with Crippen LogP contribution in [0.15, 0.2) is 33.0 Å². The molecule has 13 N–H and O–H groups in total. The number of aryl methyl sites for hydroxylation is 1. The van der Waals surface area contributed by atoms with Gasteiger partial charge in [0.15, 0.2) is 12.6 Å². The minimum Gasteiger partial charge on any atom is -0.387 e. The Balaban J connectivity index is 1.17. The Morgan fingerprint density at radius 1 is 0.879 bits per heavy atom. The average molecular weight is 913 g/mol. The fraction of sp³-hybridized carbons (Fsp3) is 0.542. The second kappa shape index (κ2) is 17.4. The maximum absolute atomic E-state index is 12.6. The number of fused-ring (bicyclic) bond motifs is 1. The van der Waals surface area contributed by atoms with E-state index >= 15 is 0 Å². The number of phosphoric ester groups is 2. The van der Waals surface area contributed by atoms with Crippen LogP contribution < -0.4 is 32.8 Å². The van der Waals surface area contributed by atoms with Crippen molar-refractivity contribution in [1.82, 2.24) is 24.1 Å². The molecule has 0 spiro atoms. The van der Waals surface area contributed by atoms with Crippen LogP contribution in [0.2, 0.25) is 0 Å². The molecule has 2 saturated heterocycles. The highest BCUT2D eigenvalue weighted by molar-refractivity contribution is 7.69. The number of ether oxygens (including phenoxy) is 3. The molecule has 3 aromatic heterocycles. The van der Waals surface area contributed by atoms with E-state index in [0.29, 0.717) is 4.57 Å². The topological polar surface area (TPSA) is 445 Å². The van der Waals surface area contributed by atoms with Crippen LogP contribution in [0.5, 0.6) is 0 Å². The smallest absolute Gasteiger partial charge is 0.387 e. The summed E-state index contributed by atoms with van der Waals surface area (Å²) in [5.74, 6) is -0.279. The molecule has 7 unspecified atom stereocenters. The second-order valence-electron chi connectivity index (χ2n) is 12.2. The molecule has 324 valence electrons. The first-order valence-corrected chi connectivity index (χ1v) is 22.0. The van der Waals surface area contributed by atoms with E-state index in [1.165, 1.54) is 34.7 Å². The maximum Gasteiger partial charge on any atom is 0.490 e. The largest absolute Gasteiger partial charge is 0.490 e. The quantitative estimate of drug-likeness (QED) is 0.0454. The van der Waals surface area contributed by atoms with Crippen molar-refractivity contribution in [3.8, 4) is 0 Å². The molecule has 2 aliphatic rings. The first kappa shape index (κ1) is 45.9. The minimum absolute atomic E-state index is 0.0165. The maximum atomic E-state index is 12.6. The number of hydrogen-bond acceptors (Lipinski definition) is 21. The lowest BCUT2D eigenvalue weighted by Gasteiger charge is -2.22. The Hall–Kier alpha value is -3.15. The normalized spacial score (nSPS) is 29.3. The van der Waals surface area contributed by atoms with E-state index in [4.69, 9.17) is 25.7 Å². The van der Waals surface area contributed by atoms with Gasteiger partial charge in [-0.15, -0.1) is 0 Å². The van der Waals surface area contributed by atoms with Crippen molar-refractivity contribution in [2.45, 2.75) is 49.1 Å². The lowest BCUT2D eigenvalue weighted by Crippen LogP contribution is -2.46. The van der Waals surface area contributed by atoms with Gasteiger partial charge in [0, 0.05) is 19.9 Å². The van der Waals surface area contributed by atoms with Crippen LogP contribution in [0, 0.1) is 0 Å². The molecule has 5 heterocycles. The fourth-order valence-electron chi connectivity index (χ4n) is 5.73. The Morgan fingerprint density at radius 2 is 1.47 bits per heavy atom. The first-order chi connectivity index (χ1) is 26.9. The van der Waals surface area contributed by atoms with E-state index in [0.717, 1.165) is 13.3 Å². The summed E-state index contributed by atoms with van der Waals surface area (Å²) in [6.45, 7) is -2.25. The van der Waals surface area contributed by atoms with E-state index in [2.05, 4.69) is 31.9 Å². The van der Waals surface area contributed by atoms with Crippen molar-refractivity contribution in [3.05, 3.63) is 55.4 Å². The van der Waals surface area contributed by atoms with Crippen molar-refractivity contribution < 1.29 is 93.9 Å². The molecule has 0 aromatic carbocycles. The van der Waals surface area contributed by atoms with E-state index < -0.39 is 110 Å². The number of aromatic amines is 2. The van der Waals surface area contributed by atoms with Crippen LogP contribution in [-0.2, 0) is 61.5 Å². The molecular weight excluding hydrogens is 876 g/mol. The molecule has 0 radical (unpaired) electrons. The summed E-state index contributed by atoms with van der Waals surface area (Å²) in [7, 11) is -21.6. The molecule has 12 atom stereocenters. The summed E-state index contributed by atoms with van der Waals surface area (Å²) < 4.78 is 90.2. The predicted octanol–water partition coefficient (Wildman–Crippen LogP) is -3.97. The number of nitrogens with zero attached hydrogens (tertiary/aromatic N) is 4. The zero-order valence-electron chi connectivity index (χ0n) is 29.5. The first-order valence-electron chi connectivity index (χ1n) is 16.0. The highest BCUT2D eigenvalue weighted by Gasteiger charge is 2.51. The number of aliphatic hydroxyl groups is 3. The van der Waals surface area contributed by atoms with Crippen LogP contribution in [0.1, 0.15) is 18.0 Å². The average Bonchev–Trinajstić information content (AvgIpc) is 3.69. The molecule has 0 aliphatic carbocycles. The molecular formula is C24H37N8O22P4+. The summed E-state index contributed by atoms with van der Waals surface area (Å²) in [5.41, 5.74) is 8.28. The van der Waals surface area contributed by atoms with Crippen LogP contribution in [0.3, 0.4) is 0 Å². The van der Waals surface area contributed by atoms with Gasteiger partial charge in [-0.3, -0.25) is 37.7 Å². The predicted molar refractivity (Wildman–Crippen MR) is 186 cm³/mol. The van der Waals surface area contributed by atoms with Crippen molar-refractivity contribution in [1.29, 1.82) is 0 Å². The third kappa shape index (κ3) is 10.4. The summed E-state index contributed by atoms with van der Waals surface area (Å²) in [6.07, 6.45) is -8.25. The summed E-state index contributed by atoms with van der Waals surface area (Å²) in [6, 6.07) is 0. The SMILES string of the molecule is COC1C(O)[C@H]([n+]2cn(C)c3c(=O)[nH]c(N)nc32)O[C@@H]1COP(=O)(O)OP(=O)(O)OP(=O)(O)OP(=O)(O)OC[C@H]1O[C@@H](n2cc(/C=C/CN)c(=O)[nH]c2=O)C(O)[C@H]1O. The number of nitrogens with two attached hydrogens (primary N) is 2. The molecule has 58 heavy (non-hydrogen) atoms. The number of hydrogen-bond donors (Lipinski definition) is 11. The molecule has 0 saturated carbocycles. The third-order valence-electron chi connectivity index (χ3n) is 8.11. The lowest BCUT2D eigenvalue weighted by atomic mass is 10.1. The van der Waals surface area contributed by atoms with Crippen LogP contribution in [0.4, 0.5) is 5.95 Å². The number of aromatic nitrogens is 6. The molecule has 0 bridgehead atoms. The third-order valence-corrected chi connectivity index (χ3v) is 14.0. The monoisotopic (exact) mass is 913 g/mol. The van der Waals surface area contributed by atoms with Gasteiger partial charge in [-0.1, -0.05) is 17.1 Å². The van der Waals surface area contributed by atoms with E-state index in [-0.39, 0.29) is 29.2 Å². The van der Waals surface area contributed by atoms with Crippen molar-refractivity contribution >= 4 is 54.5 Å². The number of imidazole rings is 1. The van der Waals surface area contributed by atoms with E-state index in [9.17, 15) is 67.5 Å². The van der Waals surface area contributed by atoms with Crippen LogP contribution in [0.25, 0.3) is 17.2 Å².